The maximum absolute atomic E-state index is 12.7. The summed E-state index contributed by atoms with van der Waals surface area (Å²) in [6.45, 7) is 6.03. The molecule has 0 radical (unpaired) electrons. The Hall–Kier alpha value is -2.99. The number of hydrogen-bond donors (Lipinski definition) is 1. The molecule has 0 saturated carbocycles. The molecule has 2 aromatic carbocycles. The van der Waals surface area contributed by atoms with Gasteiger partial charge in [0.1, 0.15) is 0 Å². The molecule has 0 aliphatic rings. The van der Waals surface area contributed by atoms with Crippen LogP contribution < -0.4 is 5.32 Å². The van der Waals surface area contributed by atoms with E-state index in [1.165, 1.54) is 11.8 Å². The normalized spacial score (nSPS) is 11.7. The molecule has 5 nitrogen and oxygen atoms in total. The van der Waals surface area contributed by atoms with Crippen molar-refractivity contribution in [3.05, 3.63) is 83.1 Å². The molecule has 3 aromatic rings. The monoisotopic (exact) mass is 409 g/mol. The Kier molecular flexibility index (Phi) is 6.77. The fourth-order valence-corrected chi connectivity index (χ4v) is 3.84. The number of hydrogen-bond acceptors (Lipinski definition) is 5. The van der Waals surface area contributed by atoms with Crippen molar-refractivity contribution in [3.8, 4) is 0 Å². The first-order chi connectivity index (χ1) is 14.0. The third kappa shape index (κ3) is 5.09. The molecule has 6 heteroatoms. The first kappa shape index (κ1) is 20.7. The lowest BCUT2D eigenvalue weighted by atomic mass is 10.1. The number of furan rings is 1. The minimum atomic E-state index is -0.900. The fraction of sp³-hybridized carbons (Fsp3) is 0.217. The second-order valence-corrected chi connectivity index (χ2v) is 7.53. The second-order valence-electron chi connectivity index (χ2n) is 6.51. The SMILES string of the molecule is CCOC(=O)C(NC(=O)c1ccc(Sc2c(C)cccc2C)o1)c1ccccc1. The lowest BCUT2D eigenvalue weighted by Crippen LogP contribution is -2.34. The van der Waals surface area contributed by atoms with E-state index in [9.17, 15) is 9.59 Å². The minimum absolute atomic E-state index is 0.143. The van der Waals surface area contributed by atoms with Gasteiger partial charge in [-0.05, 0) is 49.6 Å². The van der Waals surface area contributed by atoms with Gasteiger partial charge in [0.2, 0.25) is 0 Å². The molecule has 1 amide bonds. The Bertz CT molecular complexity index is 977. The van der Waals surface area contributed by atoms with Gasteiger partial charge in [0.25, 0.3) is 5.91 Å². The Balaban J connectivity index is 1.77. The van der Waals surface area contributed by atoms with E-state index in [2.05, 4.69) is 5.32 Å². The van der Waals surface area contributed by atoms with E-state index in [1.54, 1.807) is 43.3 Å². The summed E-state index contributed by atoms with van der Waals surface area (Å²) in [7, 11) is 0. The highest BCUT2D eigenvalue weighted by atomic mass is 32.2. The van der Waals surface area contributed by atoms with Gasteiger partial charge in [0, 0.05) is 4.90 Å². The summed E-state index contributed by atoms with van der Waals surface area (Å²) in [5.41, 5.74) is 2.93. The first-order valence-electron chi connectivity index (χ1n) is 9.36. The molecule has 1 unspecified atom stereocenters. The van der Waals surface area contributed by atoms with Crippen LogP contribution in [-0.2, 0) is 9.53 Å². The Morgan fingerprint density at radius 1 is 1.00 bits per heavy atom. The highest BCUT2D eigenvalue weighted by Gasteiger charge is 2.26. The van der Waals surface area contributed by atoms with Crippen molar-refractivity contribution in [1.29, 1.82) is 0 Å². The average molecular weight is 410 g/mol. The Morgan fingerprint density at radius 3 is 2.34 bits per heavy atom. The zero-order valence-electron chi connectivity index (χ0n) is 16.6. The maximum Gasteiger partial charge on any atom is 0.333 e. The van der Waals surface area contributed by atoms with Crippen LogP contribution >= 0.6 is 11.8 Å². The molecule has 0 fully saturated rings. The van der Waals surface area contributed by atoms with E-state index in [0.717, 1.165) is 16.0 Å². The molecule has 29 heavy (non-hydrogen) atoms. The van der Waals surface area contributed by atoms with Crippen molar-refractivity contribution >= 4 is 23.6 Å². The lowest BCUT2D eigenvalue weighted by Gasteiger charge is -2.17. The van der Waals surface area contributed by atoms with Gasteiger partial charge in [0.15, 0.2) is 16.9 Å². The first-order valence-corrected chi connectivity index (χ1v) is 10.2. The zero-order chi connectivity index (χ0) is 20.8. The summed E-state index contributed by atoms with van der Waals surface area (Å²) in [4.78, 5) is 26.2. The van der Waals surface area contributed by atoms with Gasteiger partial charge in [-0.3, -0.25) is 4.79 Å². The van der Waals surface area contributed by atoms with Crippen molar-refractivity contribution in [1.82, 2.24) is 5.32 Å². The van der Waals surface area contributed by atoms with Gasteiger partial charge < -0.3 is 14.5 Å². The fourth-order valence-electron chi connectivity index (χ4n) is 2.91. The van der Waals surface area contributed by atoms with Crippen LogP contribution in [0.1, 0.15) is 40.2 Å². The predicted octanol–water partition coefficient (Wildman–Crippen LogP) is 5.08. The van der Waals surface area contributed by atoms with Crippen LogP contribution in [0.5, 0.6) is 0 Å². The van der Waals surface area contributed by atoms with Gasteiger partial charge >= 0.3 is 5.97 Å². The summed E-state index contributed by atoms with van der Waals surface area (Å²) < 4.78 is 10.9. The van der Waals surface area contributed by atoms with Crippen LogP contribution in [0.2, 0.25) is 0 Å². The summed E-state index contributed by atoms with van der Waals surface area (Å²) >= 11 is 1.47. The summed E-state index contributed by atoms with van der Waals surface area (Å²) in [5, 5.41) is 3.33. The number of esters is 1. The molecule has 0 aliphatic carbocycles. The highest BCUT2D eigenvalue weighted by Crippen LogP contribution is 2.34. The number of carbonyl (C=O) groups is 2. The quantitative estimate of drug-likeness (QED) is 0.551. The standard InChI is InChI=1S/C23H23NO4S/c1-4-27-23(26)20(17-11-6-5-7-12-17)24-22(25)18-13-14-19(28-18)29-21-15(2)9-8-10-16(21)3/h5-14,20H,4H2,1-3H3,(H,24,25). The van der Waals surface area contributed by atoms with E-state index < -0.39 is 17.9 Å². The van der Waals surface area contributed by atoms with Crippen LogP contribution in [0.25, 0.3) is 0 Å². The topological polar surface area (TPSA) is 68.5 Å². The number of rotatable bonds is 7. The van der Waals surface area contributed by atoms with Crippen LogP contribution in [-0.4, -0.2) is 18.5 Å². The number of carbonyl (C=O) groups excluding carboxylic acids is 2. The van der Waals surface area contributed by atoms with E-state index in [-0.39, 0.29) is 12.4 Å². The number of aryl methyl sites for hydroxylation is 2. The largest absolute Gasteiger partial charge is 0.464 e. The van der Waals surface area contributed by atoms with Crippen LogP contribution in [0.3, 0.4) is 0 Å². The molecule has 0 aliphatic heterocycles. The van der Waals surface area contributed by atoms with Gasteiger partial charge in [-0.15, -0.1) is 0 Å². The van der Waals surface area contributed by atoms with Crippen molar-refractivity contribution in [2.45, 2.75) is 36.8 Å². The third-order valence-electron chi connectivity index (χ3n) is 4.35. The van der Waals surface area contributed by atoms with E-state index in [4.69, 9.17) is 9.15 Å². The molecule has 0 spiro atoms. The number of ether oxygens (including phenoxy) is 1. The highest BCUT2D eigenvalue weighted by molar-refractivity contribution is 7.99. The molecule has 3 rings (SSSR count). The molecule has 1 atom stereocenters. The summed E-state index contributed by atoms with van der Waals surface area (Å²) in [6.07, 6.45) is 0. The molecule has 1 heterocycles. The van der Waals surface area contributed by atoms with Gasteiger partial charge in [-0.2, -0.15) is 0 Å². The van der Waals surface area contributed by atoms with Gasteiger partial charge in [0.05, 0.1) is 6.61 Å². The van der Waals surface area contributed by atoms with E-state index in [0.29, 0.717) is 10.7 Å². The summed E-state index contributed by atoms with van der Waals surface area (Å²) in [6, 6.07) is 17.5. The number of amides is 1. The smallest absolute Gasteiger partial charge is 0.333 e. The van der Waals surface area contributed by atoms with Crippen LogP contribution in [0.15, 0.2) is 75.1 Å². The lowest BCUT2D eigenvalue weighted by molar-refractivity contribution is -0.145. The number of benzene rings is 2. The molecule has 150 valence electrons. The second kappa shape index (κ2) is 9.47. The van der Waals surface area contributed by atoms with E-state index >= 15 is 0 Å². The molecule has 0 bridgehead atoms. The van der Waals surface area contributed by atoms with Crippen molar-refractivity contribution in [2.24, 2.45) is 0 Å². The Morgan fingerprint density at radius 2 is 1.69 bits per heavy atom. The summed E-state index contributed by atoms with van der Waals surface area (Å²) in [5.74, 6) is -0.840. The molecule has 1 aromatic heterocycles. The van der Waals surface area contributed by atoms with Crippen molar-refractivity contribution < 1.29 is 18.7 Å². The van der Waals surface area contributed by atoms with Crippen LogP contribution in [0.4, 0.5) is 0 Å². The predicted molar refractivity (Wildman–Crippen MR) is 112 cm³/mol. The maximum atomic E-state index is 12.7. The molecular formula is C23H23NO4S. The molecule has 1 N–H and O–H groups in total. The van der Waals surface area contributed by atoms with E-state index in [1.807, 2.05) is 38.1 Å². The third-order valence-corrected chi connectivity index (χ3v) is 5.62. The van der Waals surface area contributed by atoms with Crippen LogP contribution in [0, 0.1) is 13.8 Å². The zero-order valence-corrected chi connectivity index (χ0v) is 17.4. The van der Waals surface area contributed by atoms with Crippen molar-refractivity contribution in [2.75, 3.05) is 6.61 Å². The van der Waals surface area contributed by atoms with Gasteiger partial charge in [-0.25, -0.2) is 4.79 Å². The number of nitrogens with one attached hydrogen (secondary N) is 1. The van der Waals surface area contributed by atoms with Gasteiger partial charge in [-0.1, -0.05) is 60.3 Å². The minimum Gasteiger partial charge on any atom is -0.464 e. The average Bonchev–Trinajstić information content (AvgIpc) is 3.18. The molecule has 0 saturated heterocycles. The molecular weight excluding hydrogens is 386 g/mol. The van der Waals surface area contributed by atoms with Crippen molar-refractivity contribution in [3.63, 3.8) is 0 Å². The Labute approximate surface area is 174 Å².